The van der Waals surface area contributed by atoms with E-state index in [9.17, 15) is 0 Å². The lowest BCUT2D eigenvalue weighted by molar-refractivity contribution is 0.553. The first kappa shape index (κ1) is 11.0. The Balaban J connectivity index is 1.79. The average molecular weight is 243 g/mol. The average Bonchev–Trinajstić information content (AvgIpc) is 3.00. The molecule has 17 heavy (non-hydrogen) atoms. The van der Waals surface area contributed by atoms with Gasteiger partial charge in [-0.1, -0.05) is 30.3 Å². The molecule has 1 nitrogen and oxygen atoms in total. The Morgan fingerprint density at radius 1 is 1.12 bits per heavy atom. The molecule has 1 heterocycles. The zero-order chi connectivity index (χ0) is 11.7. The van der Waals surface area contributed by atoms with Crippen molar-refractivity contribution in [1.82, 2.24) is 5.32 Å². The summed E-state index contributed by atoms with van der Waals surface area (Å²) in [5.41, 5.74) is 1.75. The fraction of sp³-hybridized carbons (Fsp3) is 0.333. The van der Waals surface area contributed by atoms with E-state index in [-0.39, 0.29) is 0 Å². The van der Waals surface area contributed by atoms with Crippen molar-refractivity contribution in [2.24, 2.45) is 0 Å². The van der Waals surface area contributed by atoms with E-state index in [0.29, 0.717) is 5.54 Å². The highest BCUT2D eigenvalue weighted by atomic mass is 32.1. The SMILES string of the molecule is CNC1(Cc2ccc(-c3ccccc3)s2)CC1. The third kappa shape index (κ3) is 2.28. The zero-order valence-corrected chi connectivity index (χ0v) is 10.9. The van der Waals surface area contributed by atoms with Crippen molar-refractivity contribution in [3.8, 4) is 10.4 Å². The predicted octanol–water partition coefficient (Wildman–Crippen LogP) is 3.71. The van der Waals surface area contributed by atoms with Crippen LogP contribution in [0.4, 0.5) is 0 Å². The fourth-order valence-electron chi connectivity index (χ4n) is 2.23. The van der Waals surface area contributed by atoms with Gasteiger partial charge in [-0.15, -0.1) is 11.3 Å². The summed E-state index contributed by atoms with van der Waals surface area (Å²) in [5, 5.41) is 3.46. The minimum absolute atomic E-state index is 0.415. The zero-order valence-electron chi connectivity index (χ0n) is 10.1. The molecule has 1 fully saturated rings. The van der Waals surface area contributed by atoms with Crippen LogP contribution in [0.3, 0.4) is 0 Å². The fourth-order valence-corrected chi connectivity index (χ4v) is 3.39. The van der Waals surface area contributed by atoms with Gasteiger partial charge in [0.15, 0.2) is 0 Å². The first-order valence-corrected chi connectivity index (χ1v) is 6.96. The smallest absolute Gasteiger partial charge is 0.0345 e. The second-order valence-electron chi connectivity index (χ2n) is 4.84. The molecule has 1 aliphatic carbocycles. The highest BCUT2D eigenvalue weighted by Crippen LogP contribution is 2.40. The van der Waals surface area contributed by atoms with Crippen molar-refractivity contribution in [2.75, 3.05) is 7.05 Å². The summed E-state index contributed by atoms with van der Waals surface area (Å²) >= 11 is 1.93. The van der Waals surface area contributed by atoms with Crippen molar-refractivity contribution in [1.29, 1.82) is 0 Å². The van der Waals surface area contributed by atoms with E-state index < -0.39 is 0 Å². The molecule has 0 bridgehead atoms. The molecule has 1 aromatic heterocycles. The van der Waals surface area contributed by atoms with Crippen LogP contribution in [0.15, 0.2) is 42.5 Å². The Morgan fingerprint density at radius 2 is 1.88 bits per heavy atom. The molecule has 2 heteroatoms. The van der Waals surface area contributed by atoms with Gasteiger partial charge in [-0.3, -0.25) is 0 Å². The van der Waals surface area contributed by atoms with Gasteiger partial charge in [0.1, 0.15) is 0 Å². The summed E-state index contributed by atoms with van der Waals surface area (Å²) in [6, 6.07) is 15.2. The van der Waals surface area contributed by atoms with Crippen LogP contribution in [0.25, 0.3) is 10.4 Å². The van der Waals surface area contributed by atoms with Gasteiger partial charge < -0.3 is 5.32 Å². The maximum Gasteiger partial charge on any atom is 0.0345 e. The maximum atomic E-state index is 3.46. The van der Waals surface area contributed by atoms with E-state index in [0.717, 1.165) is 0 Å². The molecule has 0 unspecified atom stereocenters. The predicted molar refractivity (Wildman–Crippen MR) is 74.5 cm³/mol. The van der Waals surface area contributed by atoms with E-state index >= 15 is 0 Å². The molecule has 1 N–H and O–H groups in total. The van der Waals surface area contributed by atoms with E-state index in [1.54, 1.807) is 0 Å². The van der Waals surface area contributed by atoms with Crippen LogP contribution in [-0.2, 0) is 6.42 Å². The van der Waals surface area contributed by atoms with E-state index in [1.807, 2.05) is 11.3 Å². The Hall–Kier alpha value is -1.12. The summed E-state index contributed by atoms with van der Waals surface area (Å²) in [7, 11) is 2.08. The van der Waals surface area contributed by atoms with Crippen LogP contribution in [-0.4, -0.2) is 12.6 Å². The molecule has 2 aromatic rings. The highest BCUT2D eigenvalue weighted by Gasteiger charge is 2.41. The quantitative estimate of drug-likeness (QED) is 0.863. The van der Waals surface area contributed by atoms with Crippen LogP contribution in [0, 0.1) is 0 Å². The molecule has 0 amide bonds. The number of nitrogens with one attached hydrogen (secondary N) is 1. The summed E-state index contributed by atoms with van der Waals surface area (Å²) < 4.78 is 0. The largest absolute Gasteiger partial charge is 0.314 e. The second kappa shape index (κ2) is 4.28. The third-order valence-electron chi connectivity index (χ3n) is 3.62. The van der Waals surface area contributed by atoms with E-state index in [1.165, 1.54) is 34.6 Å². The monoisotopic (exact) mass is 243 g/mol. The molecule has 0 aliphatic heterocycles. The lowest BCUT2D eigenvalue weighted by atomic mass is 10.1. The molecular formula is C15H17NS. The summed E-state index contributed by atoms with van der Waals surface area (Å²) in [4.78, 5) is 2.88. The summed E-state index contributed by atoms with van der Waals surface area (Å²) in [6.07, 6.45) is 3.82. The van der Waals surface area contributed by atoms with Crippen molar-refractivity contribution >= 4 is 11.3 Å². The standard InChI is InChI=1S/C15H17NS/c1-16-15(9-10-15)11-13-7-8-14(17-13)12-5-3-2-4-6-12/h2-8,16H,9-11H2,1H3. The molecule has 3 rings (SSSR count). The molecule has 1 aromatic carbocycles. The Kier molecular flexibility index (Phi) is 2.77. The Labute approximate surface area is 106 Å². The van der Waals surface area contributed by atoms with Gasteiger partial charge >= 0.3 is 0 Å². The number of hydrogen-bond donors (Lipinski definition) is 1. The Morgan fingerprint density at radius 3 is 2.53 bits per heavy atom. The minimum atomic E-state index is 0.415. The van der Waals surface area contributed by atoms with Gasteiger partial charge in [-0.25, -0.2) is 0 Å². The molecule has 0 spiro atoms. The third-order valence-corrected chi connectivity index (χ3v) is 4.75. The van der Waals surface area contributed by atoms with Gasteiger partial charge in [0.2, 0.25) is 0 Å². The van der Waals surface area contributed by atoms with Gasteiger partial charge in [-0.05, 0) is 44.0 Å². The minimum Gasteiger partial charge on any atom is -0.314 e. The normalized spacial score (nSPS) is 17.0. The topological polar surface area (TPSA) is 12.0 Å². The molecule has 0 radical (unpaired) electrons. The van der Waals surface area contributed by atoms with E-state index in [2.05, 4.69) is 54.8 Å². The lowest BCUT2D eigenvalue weighted by Gasteiger charge is -2.11. The van der Waals surface area contributed by atoms with Gasteiger partial charge in [0.25, 0.3) is 0 Å². The van der Waals surface area contributed by atoms with Crippen LogP contribution in [0.1, 0.15) is 17.7 Å². The number of rotatable bonds is 4. The van der Waals surface area contributed by atoms with Crippen molar-refractivity contribution in [2.45, 2.75) is 24.8 Å². The van der Waals surface area contributed by atoms with Crippen LogP contribution in [0.2, 0.25) is 0 Å². The molecule has 0 saturated heterocycles. The molecular weight excluding hydrogens is 226 g/mol. The summed E-state index contributed by atoms with van der Waals surface area (Å²) in [6.45, 7) is 0. The molecule has 88 valence electrons. The maximum absolute atomic E-state index is 3.46. The van der Waals surface area contributed by atoms with Crippen LogP contribution < -0.4 is 5.32 Å². The lowest BCUT2D eigenvalue weighted by Crippen LogP contribution is -2.29. The van der Waals surface area contributed by atoms with Crippen LogP contribution in [0.5, 0.6) is 0 Å². The van der Waals surface area contributed by atoms with Crippen molar-refractivity contribution in [3.05, 3.63) is 47.3 Å². The molecule has 1 saturated carbocycles. The van der Waals surface area contributed by atoms with Gasteiger partial charge in [-0.2, -0.15) is 0 Å². The number of benzene rings is 1. The van der Waals surface area contributed by atoms with E-state index in [4.69, 9.17) is 0 Å². The van der Waals surface area contributed by atoms with Crippen molar-refractivity contribution in [3.63, 3.8) is 0 Å². The second-order valence-corrected chi connectivity index (χ2v) is 6.01. The number of hydrogen-bond acceptors (Lipinski definition) is 2. The summed E-state index contributed by atoms with van der Waals surface area (Å²) in [5.74, 6) is 0. The first-order valence-electron chi connectivity index (χ1n) is 6.14. The number of thiophene rings is 1. The number of likely N-dealkylation sites (N-methyl/N-ethyl adjacent to an activating group) is 1. The Bertz CT molecular complexity index is 497. The van der Waals surface area contributed by atoms with Gasteiger partial charge in [0, 0.05) is 15.3 Å². The highest BCUT2D eigenvalue weighted by molar-refractivity contribution is 7.15. The van der Waals surface area contributed by atoms with Gasteiger partial charge in [0.05, 0.1) is 0 Å². The first-order chi connectivity index (χ1) is 8.31. The van der Waals surface area contributed by atoms with Crippen LogP contribution >= 0.6 is 11.3 Å². The molecule has 1 aliphatic rings. The molecule has 0 atom stereocenters. The van der Waals surface area contributed by atoms with Crippen molar-refractivity contribution < 1.29 is 0 Å².